The van der Waals surface area contributed by atoms with E-state index in [1.54, 1.807) is 11.3 Å². The molecular weight excluding hydrogens is 226 g/mol. The van der Waals surface area contributed by atoms with Crippen molar-refractivity contribution >= 4 is 22.9 Å². The lowest BCUT2D eigenvalue weighted by Crippen LogP contribution is -2.12. The van der Waals surface area contributed by atoms with E-state index >= 15 is 0 Å². The zero-order valence-corrected chi connectivity index (χ0v) is 9.98. The zero-order chi connectivity index (χ0) is 10.8. The van der Waals surface area contributed by atoms with Gasteiger partial charge in [0, 0.05) is 5.02 Å². The van der Waals surface area contributed by atoms with Crippen molar-refractivity contribution in [2.75, 3.05) is 0 Å². The normalized spacial score (nSPS) is 12.7. The first kappa shape index (κ1) is 10.7. The molecule has 1 aromatic carbocycles. The highest BCUT2D eigenvalue weighted by molar-refractivity contribution is 7.08. The first-order valence-electron chi connectivity index (χ1n) is 4.73. The van der Waals surface area contributed by atoms with Crippen molar-refractivity contribution in [1.29, 1.82) is 0 Å². The van der Waals surface area contributed by atoms with E-state index < -0.39 is 0 Å². The van der Waals surface area contributed by atoms with E-state index in [1.165, 1.54) is 0 Å². The highest BCUT2D eigenvalue weighted by Crippen LogP contribution is 2.30. The number of rotatable bonds is 2. The quantitative estimate of drug-likeness (QED) is 0.846. The molecule has 1 nitrogen and oxygen atoms in total. The van der Waals surface area contributed by atoms with Crippen LogP contribution in [0.3, 0.4) is 0 Å². The van der Waals surface area contributed by atoms with Crippen LogP contribution in [-0.4, -0.2) is 0 Å². The molecule has 0 saturated heterocycles. The highest BCUT2D eigenvalue weighted by Gasteiger charge is 2.14. The fraction of sp³-hybridized carbons (Fsp3) is 0.167. The molecule has 0 amide bonds. The third-order valence-corrected chi connectivity index (χ3v) is 3.52. The Balaban J connectivity index is 2.46. The standard InChI is InChI=1S/C12H12ClNS/c1-8-3-2-4-10(13)11(8)12(14)9-5-6-15-7-9/h2-7,12H,14H2,1H3/t12-/m1/s1. The summed E-state index contributed by atoms with van der Waals surface area (Å²) in [5.74, 6) is 0. The van der Waals surface area contributed by atoms with Gasteiger partial charge in [-0.2, -0.15) is 11.3 Å². The molecule has 1 heterocycles. The first-order valence-corrected chi connectivity index (χ1v) is 6.05. The molecular formula is C12H12ClNS. The van der Waals surface area contributed by atoms with Crippen LogP contribution in [0.1, 0.15) is 22.7 Å². The fourth-order valence-electron chi connectivity index (χ4n) is 1.66. The molecule has 0 spiro atoms. The summed E-state index contributed by atoms with van der Waals surface area (Å²) in [5, 5.41) is 4.84. The number of nitrogens with two attached hydrogens (primary N) is 1. The molecule has 1 atom stereocenters. The zero-order valence-electron chi connectivity index (χ0n) is 8.41. The van der Waals surface area contributed by atoms with E-state index in [1.807, 2.05) is 36.6 Å². The molecule has 0 aliphatic carbocycles. The van der Waals surface area contributed by atoms with Gasteiger partial charge in [-0.05, 0) is 46.5 Å². The number of thiophene rings is 1. The van der Waals surface area contributed by atoms with Gasteiger partial charge >= 0.3 is 0 Å². The topological polar surface area (TPSA) is 26.0 Å². The summed E-state index contributed by atoms with van der Waals surface area (Å²) < 4.78 is 0. The van der Waals surface area contributed by atoms with Crippen molar-refractivity contribution in [3.8, 4) is 0 Å². The van der Waals surface area contributed by atoms with Crippen LogP contribution in [-0.2, 0) is 0 Å². The van der Waals surface area contributed by atoms with E-state index in [2.05, 4.69) is 5.38 Å². The lowest BCUT2D eigenvalue weighted by molar-refractivity contribution is 0.867. The van der Waals surface area contributed by atoms with Crippen molar-refractivity contribution in [2.24, 2.45) is 5.73 Å². The largest absolute Gasteiger partial charge is 0.320 e. The number of hydrogen-bond acceptors (Lipinski definition) is 2. The van der Waals surface area contributed by atoms with Crippen LogP contribution in [0.5, 0.6) is 0 Å². The molecule has 0 saturated carbocycles. The van der Waals surface area contributed by atoms with Crippen LogP contribution in [0, 0.1) is 6.92 Å². The molecule has 15 heavy (non-hydrogen) atoms. The van der Waals surface area contributed by atoms with E-state index in [0.29, 0.717) is 0 Å². The average Bonchev–Trinajstić information content (AvgIpc) is 2.69. The van der Waals surface area contributed by atoms with Gasteiger partial charge in [0.1, 0.15) is 0 Å². The molecule has 0 radical (unpaired) electrons. The number of aryl methyl sites for hydroxylation is 1. The summed E-state index contributed by atoms with van der Waals surface area (Å²) in [7, 11) is 0. The van der Waals surface area contributed by atoms with Gasteiger partial charge in [-0.25, -0.2) is 0 Å². The number of benzene rings is 1. The summed E-state index contributed by atoms with van der Waals surface area (Å²) in [6, 6.07) is 7.79. The Morgan fingerprint density at radius 3 is 2.73 bits per heavy atom. The van der Waals surface area contributed by atoms with Crippen LogP contribution >= 0.6 is 22.9 Å². The van der Waals surface area contributed by atoms with Crippen molar-refractivity contribution in [3.63, 3.8) is 0 Å². The Bertz CT molecular complexity index is 430. The third kappa shape index (κ3) is 2.07. The average molecular weight is 238 g/mol. The second-order valence-electron chi connectivity index (χ2n) is 3.50. The number of halogens is 1. The van der Waals surface area contributed by atoms with E-state index in [4.69, 9.17) is 17.3 Å². The van der Waals surface area contributed by atoms with Crippen molar-refractivity contribution in [2.45, 2.75) is 13.0 Å². The molecule has 78 valence electrons. The van der Waals surface area contributed by atoms with Gasteiger partial charge in [0.2, 0.25) is 0 Å². The Morgan fingerprint density at radius 2 is 2.13 bits per heavy atom. The van der Waals surface area contributed by atoms with Crippen LogP contribution in [0.25, 0.3) is 0 Å². The second kappa shape index (κ2) is 4.35. The predicted molar refractivity (Wildman–Crippen MR) is 66.5 cm³/mol. The molecule has 0 unspecified atom stereocenters. The SMILES string of the molecule is Cc1cccc(Cl)c1[C@H](N)c1ccsc1. The molecule has 3 heteroatoms. The fourth-order valence-corrected chi connectivity index (χ4v) is 2.69. The van der Waals surface area contributed by atoms with E-state index in [9.17, 15) is 0 Å². The minimum Gasteiger partial charge on any atom is -0.320 e. The van der Waals surface area contributed by atoms with Crippen LogP contribution < -0.4 is 5.73 Å². The molecule has 0 aliphatic rings. The van der Waals surface area contributed by atoms with E-state index in [-0.39, 0.29) is 6.04 Å². The molecule has 1 aromatic heterocycles. The maximum absolute atomic E-state index is 6.18. The van der Waals surface area contributed by atoms with Crippen LogP contribution in [0.4, 0.5) is 0 Å². The van der Waals surface area contributed by atoms with Gasteiger partial charge in [-0.1, -0.05) is 23.7 Å². The Labute approximate surface area is 98.5 Å². The van der Waals surface area contributed by atoms with Gasteiger partial charge < -0.3 is 5.73 Å². The summed E-state index contributed by atoms with van der Waals surface area (Å²) in [4.78, 5) is 0. The molecule has 2 aromatic rings. The maximum Gasteiger partial charge on any atom is 0.0577 e. The Hall–Kier alpha value is -0.830. The molecule has 0 bridgehead atoms. The van der Waals surface area contributed by atoms with Gasteiger partial charge in [0.05, 0.1) is 6.04 Å². The molecule has 2 N–H and O–H groups in total. The Morgan fingerprint density at radius 1 is 1.33 bits per heavy atom. The third-order valence-electron chi connectivity index (χ3n) is 2.48. The first-order chi connectivity index (χ1) is 7.20. The monoisotopic (exact) mass is 237 g/mol. The predicted octanol–water partition coefficient (Wildman–Crippen LogP) is 3.76. The summed E-state index contributed by atoms with van der Waals surface area (Å²) in [6.45, 7) is 2.04. The van der Waals surface area contributed by atoms with Crippen molar-refractivity contribution < 1.29 is 0 Å². The molecule has 2 rings (SSSR count). The smallest absolute Gasteiger partial charge is 0.0577 e. The van der Waals surface area contributed by atoms with E-state index in [0.717, 1.165) is 21.7 Å². The lowest BCUT2D eigenvalue weighted by Gasteiger charge is -2.15. The second-order valence-corrected chi connectivity index (χ2v) is 4.69. The van der Waals surface area contributed by atoms with Crippen LogP contribution in [0.2, 0.25) is 5.02 Å². The number of hydrogen-bond donors (Lipinski definition) is 1. The minimum absolute atomic E-state index is 0.120. The summed E-state index contributed by atoms with van der Waals surface area (Å²) in [5.41, 5.74) is 9.47. The van der Waals surface area contributed by atoms with Gasteiger partial charge in [-0.3, -0.25) is 0 Å². The summed E-state index contributed by atoms with van der Waals surface area (Å²) >= 11 is 7.82. The van der Waals surface area contributed by atoms with Crippen molar-refractivity contribution in [3.05, 3.63) is 56.7 Å². The maximum atomic E-state index is 6.18. The minimum atomic E-state index is -0.120. The summed E-state index contributed by atoms with van der Waals surface area (Å²) in [6.07, 6.45) is 0. The van der Waals surface area contributed by atoms with Gasteiger partial charge in [0.15, 0.2) is 0 Å². The highest BCUT2D eigenvalue weighted by atomic mass is 35.5. The molecule has 0 fully saturated rings. The van der Waals surface area contributed by atoms with Crippen LogP contribution in [0.15, 0.2) is 35.0 Å². The van der Waals surface area contributed by atoms with Gasteiger partial charge in [-0.15, -0.1) is 0 Å². The lowest BCUT2D eigenvalue weighted by atomic mass is 9.98. The van der Waals surface area contributed by atoms with Gasteiger partial charge in [0.25, 0.3) is 0 Å². The van der Waals surface area contributed by atoms with Crippen molar-refractivity contribution in [1.82, 2.24) is 0 Å². The molecule has 0 aliphatic heterocycles. The Kier molecular flexibility index (Phi) is 3.10.